The van der Waals surface area contributed by atoms with Gasteiger partial charge in [-0.1, -0.05) is 75.8 Å². The first-order valence-electron chi connectivity index (χ1n) is 10.5. The summed E-state index contributed by atoms with van der Waals surface area (Å²) in [6, 6.07) is 20.2. The van der Waals surface area contributed by atoms with E-state index < -0.39 is 0 Å². The molecule has 0 heterocycles. The van der Waals surface area contributed by atoms with E-state index in [-0.39, 0.29) is 6.10 Å². The summed E-state index contributed by atoms with van der Waals surface area (Å²) in [4.78, 5) is 0. The van der Waals surface area contributed by atoms with Crippen LogP contribution in [0, 0.1) is 23.2 Å². The van der Waals surface area contributed by atoms with E-state index >= 15 is 0 Å². The summed E-state index contributed by atoms with van der Waals surface area (Å²) >= 11 is 0. The summed E-state index contributed by atoms with van der Waals surface area (Å²) in [6.07, 6.45) is 10.7. The number of ether oxygens (including phenoxy) is 1. The Labute approximate surface area is 164 Å². The summed E-state index contributed by atoms with van der Waals surface area (Å²) in [7, 11) is 0. The highest BCUT2D eigenvalue weighted by Crippen LogP contribution is 2.36. The van der Waals surface area contributed by atoms with Gasteiger partial charge in [0.05, 0.1) is 11.6 Å². The molecule has 1 atom stereocenters. The molecule has 2 nitrogen and oxygen atoms in total. The molecule has 0 N–H and O–H groups in total. The standard InChI is InChI=1S/C25H31NO/c1-2-6-20-9-11-21(12-10-20)15-18-25(23-7-4-3-5-8-23)27-24-16-13-22(19-26)14-17-24/h3-5,7-8,13-14,16-17,20-21,25H,2,6,9-12,15,18H2,1H3. The predicted octanol–water partition coefficient (Wildman–Crippen LogP) is 7.07. The molecule has 1 fully saturated rings. The van der Waals surface area contributed by atoms with Crippen molar-refractivity contribution in [2.45, 2.75) is 64.4 Å². The fraction of sp³-hybridized carbons (Fsp3) is 0.480. The van der Waals surface area contributed by atoms with E-state index in [1.54, 1.807) is 0 Å². The number of hydrogen-bond donors (Lipinski definition) is 0. The van der Waals surface area contributed by atoms with E-state index in [1.807, 2.05) is 24.3 Å². The van der Waals surface area contributed by atoms with Crippen LogP contribution in [-0.2, 0) is 0 Å². The molecule has 1 aliphatic carbocycles. The van der Waals surface area contributed by atoms with Gasteiger partial charge in [0.25, 0.3) is 0 Å². The minimum atomic E-state index is 0.0764. The molecule has 1 saturated carbocycles. The second kappa shape index (κ2) is 10.2. The molecular formula is C25H31NO. The van der Waals surface area contributed by atoms with Crippen LogP contribution in [0.4, 0.5) is 0 Å². The van der Waals surface area contributed by atoms with Crippen LogP contribution in [0.15, 0.2) is 54.6 Å². The first-order valence-corrected chi connectivity index (χ1v) is 10.5. The van der Waals surface area contributed by atoms with Crippen molar-refractivity contribution in [1.29, 1.82) is 5.26 Å². The second-order valence-electron chi connectivity index (χ2n) is 7.91. The van der Waals surface area contributed by atoms with Crippen LogP contribution in [0.5, 0.6) is 5.75 Å². The van der Waals surface area contributed by atoms with Gasteiger partial charge in [0, 0.05) is 0 Å². The Kier molecular flexibility index (Phi) is 7.34. The molecule has 0 aromatic heterocycles. The zero-order valence-corrected chi connectivity index (χ0v) is 16.4. The maximum Gasteiger partial charge on any atom is 0.124 e. The second-order valence-corrected chi connectivity index (χ2v) is 7.91. The lowest BCUT2D eigenvalue weighted by atomic mass is 9.78. The van der Waals surface area contributed by atoms with Crippen molar-refractivity contribution in [2.75, 3.05) is 0 Å². The van der Waals surface area contributed by atoms with E-state index in [2.05, 4.69) is 43.3 Å². The Bertz CT molecular complexity index is 708. The number of nitrogens with zero attached hydrogens (tertiary/aromatic N) is 1. The lowest BCUT2D eigenvalue weighted by Crippen LogP contribution is -2.16. The maximum atomic E-state index is 8.98. The molecule has 1 aliphatic rings. The third-order valence-electron chi connectivity index (χ3n) is 5.93. The van der Waals surface area contributed by atoms with E-state index in [0.29, 0.717) is 5.56 Å². The Morgan fingerprint density at radius 2 is 1.56 bits per heavy atom. The number of rotatable bonds is 8. The highest BCUT2D eigenvalue weighted by molar-refractivity contribution is 5.35. The summed E-state index contributed by atoms with van der Waals surface area (Å²) in [5.41, 5.74) is 1.91. The maximum absolute atomic E-state index is 8.98. The molecule has 0 radical (unpaired) electrons. The van der Waals surface area contributed by atoms with Crippen molar-refractivity contribution in [3.8, 4) is 11.8 Å². The number of benzene rings is 2. The van der Waals surface area contributed by atoms with Gasteiger partial charge in [-0.25, -0.2) is 0 Å². The predicted molar refractivity (Wildman–Crippen MR) is 111 cm³/mol. The largest absolute Gasteiger partial charge is 0.486 e. The van der Waals surface area contributed by atoms with E-state index in [9.17, 15) is 0 Å². The van der Waals surface area contributed by atoms with Gasteiger partial charge in [0.15, 0.2) is 0 Å². The average Bonchev–Trinajstić information content (AvgIpc) is 2.73. The number of nitriles is 1. The number of hydrogen-bond acceptors (Lipinski definition) is 2. The lowest BCUT2D eigenvalue weighted by molar-refractivity contribution is 0.168. The average molecular weight is 362 g/mol. The van der Waals surface area contributed by atoms with Crippen molar-refractivity contribution >= 4 is 0 Å². The van der Waals surface area contributed by atoms with E-state index in [4.69, 9.17) is 10.00 Å². The minimum absolute atomic E-state index is 0.0764. The monoisotopic (exact) mass is 361 g/mol. The summed E-state index contributed by atoms with van der Waals surface area (Å²) < 4.78 is 6.34. The first kappa shape index (κ1) is 19.5. The minimum Gasteiger partial charge on any atom is -0.486 e. The van der Waals surface area contributed by atoms with Crippen LogP contribution in [0.1, 0.15) is 75.5 Å². The van der Waals surface area contributed by atoms with Crippen molar-refractivity contribution in [1.82, 2.24) is 0 Å². The van der Waals surface area contributed by atoms with Crippen LogP contribution >= 0.6 is 0 Å². The van der Waals surface area contributed by atoms with Crippen molar-refractivity contribution in [3.63, 3.8) is 0 Å². The third kappa shape index (κ3) is 5.86. The molecule has 2 aromatic carbocycles. The molecule has 0 spiro atoms. The molecule has 27 heavy (non-hydrogen) atoms. The zero-order chi connectivity index (χ0) is 18.9. The van der Waals surface area contributed by atoms with Gasteiger partial charge in [0.2, 0.25) is 0 Å². The van der Waals surface area contributed by atoms with Gasteiger partial charge in [-0.05, 0) is 54.5 Å². The van der Waals surface area contributed by atoms with Gasteiger partial charge in [-0.3, -0.25) is 0 Å². The van der Waals surface area contributed by atoms with Crippen LogP contribution in [0.25, 0.3) is 0 Å². The Morgan fingerprint density at radius 3 is 2.15 bits per heavy atom. The molecule has 0 amide bonds. The molecule has 2 heteroatoms. The molecule has 0 bridgehead atoms. The summed E-state index contributed by atoms with van der Waals surface area (Å²) in [5, 5.41) is 8.98. The van der Waals surface area contributed by atoms with Crippen LogP contribution in [-0.4, -0.2) is 0 Å². The van der Waals surface area contributed by atoms with Crippen LogP contribution in [0.2, 0.25) is 0 Å². The molecule has 3 rings (SSSR count). The SMILES string of the molecule is CCCC1CCC(CCC(Oc2ccc(C#N)cc2)c2ccccc2)CC1. The van der Waals surface area contributed by atoms with Crippen molar-refractivity contribution in [2.24, 2.45) is 11.8 Å². The normalized spacial score (nSPS) is 20.6. The van der Waals surface area contributed by atoms with Gasteiger partial charge in [-0.15, -0.1) is 0 Å². The van der Waals surface area contributed by atoms with Crippen molar-refractivity contribution in [3.05, 3.63) is 65.7 Å². The Hall–Kier alpha value is -2.27. The highest BCUT2D eigenvalue weighted by Gasteiger charge is 2.22. The van der Waals surface area contributed by atoms with E-state index in [0.717, 1.165) is 24.0 Å². The molecule has 0 aliphatic heterocycles. The van der Waals surface area contributed by atoms with Crippen LogP contribution in [0.3, 0.4) is 0 Å². The topological polar surface area (TPSA) is 33.0 Å². The molecule has 1 unspecified atom stereocenters. The van der Waals surface area contributed by atoms with Gasteiger partial charge < -0.3 is 4.74 Å². The van der Waals surface area contributed by atoms with Gasteiger partial charge in [0.1, 0.15) is 11.9 Å². The quantitative estimate of drug-likeness (QED) is 0.504. The molecule has 142 valence electrons. The fourth-order valence-electron chi connectivity index (χ4n) is 4.34. The smallest absolute Gasteiger partial charge is 0.124 e. The van der Waals surface area contributed by atoms with E-state index in [1.165, 1.54) is 50.5 Å². The van der Waals surface area contributed by atoms with Crippen molar-refractivity contribution < 1.29 is 4.74 Å². The molecule has 0 saturated heterocycles. The summed E-state index contributed by atoms with van der Waals surface area (Å²) in [6.45, 7) is 2.30. The molecular weight excluding hydrogens is 330 g/mol. The highest BCUT2D eigenvalue weighted by atomic mass is 16.5. The van der Waals surface area contributed by atoms with Gasteiger partial charge >= 0.3 is 0 Å². The van der Waals surface area contributed by atoms with Crippen LogP contribution < -0.4 is 4.74 Å². The Balaban J connectivity index is 1.60. The zero-order valence-electron chi connectivity index (χ0n) is 16.4. The Morgan fingerprint density at radius 1 is 0.926 bits per heavy atom. The fourth-order valence-corrected chi connectivity index (χ4v) is 4.34. The first-order chi connectivity index (χ1) is 13.3. The third-order valence-corrected chi connectivity index (χ3v) is 5.93. The molecule has 2 aromatic rings. The van der Waals surface area contributed by atoms with Gasteiger partial charge in [-0.2, -0.15) is 5.26 Å². The lowest BCUT2D eigenvalue weighted by Gasteiger charge is -2.29. The summed E-state index contributed by atoms with van der Waals surface area (Å²) in [5.74, 6) is 2.65.